The summed E-state index contributed by atoms with van der Waals surface area (Å²) in [6, 6.07) is 15.7. The molecule has 0 spiro atoms. The zero-order valence-electron chi connectivity index (χ0n) is 15.9. The Hall–Kier alpha value is -2.40. The van der Waals surface area contributed by atoms with Crippen molar-refractivity contribution in [1.29, 1.82) is 0 Å². The quantitative estimate of drug-likeness (QED) is 0.585. The van der Waals surface area contributed by atoms with Crippen LogP contribution in [-0.2, 0) is 17.9 Å². The summed E-state index contributed by atoms with van der Waals surface area (Å²) in [5.74, 6) is 0.815. The van der Waals surface area contributed by atoms with Crippen molar-refractivity contribution in [2.45, 2.75) is 39.0 Å². The molecule has 0 radical (unpaired) electrons. The highest BCUT2D eigenvalue weighted by molar-refractivity contribution is 5.80. The molecular formula is C21H28FN3O. The largest absolute Gasteiger partial charge is 0.380 e. The lowest BCUT2D eigenvalue weighted by molar-refractivity contribution is 0.181. The highest BCUT2D eigenvalue weighted by Crippen LogP contribution is 2.18. The van der Waals surface area contributed by atoms with E-state index in [9.17, 15) is 4.39 Å². The second-order valence-electron chi connectivity index (χ2n) is 6.42. The van der Waals surface area contributed by atoms with Gasteiger partial charge in [0.25, 0.3) is 0 Å². The van der Waals surface area contributed by atoms with Gasteiger partial charge in [-0.2, -0.15) is 0 Å². The number of methoxy groups -OCH3 is 1. The molecule has 0 amide bonds. The van der Waals surface area contributed by atoms with Crippen LogP contribution >= 0.6 is 0 Å². The Morgan fingerprint density at radius 2 is 1.88 bits per heavy atom. The second-order valence-corrected chi connectivity index (χ2v) is 6.42. The molecule has 0 aliphatic carbocycles. The molecule has 0 aliphatic rings. The topological polar surface area (TPSA) is 45.7 Å². The lowest BCUT2D eigenvalue weighted by Crippen LogP contribution is -2.43. The fourth-order valence-corrected chi connectivity index (χ4v) is 2.77. The molecule has 4 nitrogen and oxygen atoms in total. The minimum atomic E-state index is -0.247. The Labute approximate surface area is 155 Å². The van der Waals surface area contributed by atoms with E-state index in [0.29, 0.717) is 18.0 Å². The van der Waals surface area contributed by atoms with Gasteiger partial charge < -0.3 is 15.4 Å². The third-order valence-electron chi connectivity index (χ3n) is 4.53. The number of ether oxygens (including phenoxy) is 1. The maximum absolute atomic E-state index is 13.7. The van der Waals surface area contributed by atoms with Crippen molar-refractivity contribution in [2.24, 2.45) is 4.99 Å². The summed E-state index contributed by atoms with van der Waals surface area (Å²) in [5.41, 5.74) is 2.82. The highest BCUT2D eigenvalue weighted by atomic mass is 19.1. The Kier molecular flexibility index (Phi) is 7.60. The number of hydrogen-bond donors (Lipinski definition) is 2. The van der Waals surface area contributed by atoms with Gasteiger partial charge in [-0.1, -0.05) is 43.3 Å². The third-order valence-corrected chi connectivity index (χ3v) is 4.53. The van der Waals surface area contributed by atoms with E-state index in [0.717, 1.165) is 11.5 Å². The van der Waals surface area contributed by atoms with Crippen LogP contribution in [0.3, 0.4) is 0 Å². The van der Waals surface area contributed by atoms with E-state index >= 15 is 0 Å². The molecule has 2 unspecified atom stereocenters. The number of guanidine groups is 1. The van der Waals surface area contributed by atoms with Crippen molar-refractivity contribution in [3.63, 3.8) is 0 Å². The molecule has 0 saturated heterocycles. The average molecular weight is 357 g/mol. The van der Waals surface area contributed by atoms with Crippen LogP contribution in [0.1, 0.15) is 36.5 Å². The summed E-state index contributed by atoms with van der Waals surface area (Å²) in [6.45, 7) is 5.15. The summed E-state index contributed by atoms with van der Waals surface area (Å²) in [6.07, 6.45) is 0. The number of benzene rings is 2. The van der Waals surface area contributed by atoms with Crippen molar-refractivity contribution in [2.75, 3.05) is 14.2 Å². The van der Waals surface area contributed by atoms with Crippen molar-refractivity contribution in [3.05, 3.63) is 71.0 Å². The van der Waals surface area contributed by atoms with Crippen LogP contribution in [0.25, 0.3) is 0 Å². The summed E-state index contributed by atoms with van der Waals surface area (Å²) in [5, 5.41) is 6.71. The first kappa shape index (κ1) is 19.9. The summed E-state index contributed by atoms with van der Waals surface area (Å²) >= 11 is 0. The normalized spacial score (nSPS) is 14.0. The zero-order valence-corrected chi connectivity index (χ0v) is 15.9. The van der Waals surface area contributed by atoms with Crippen LogP contribution in [0, 0.1) is 5.82 Å². The molecule has 2 rings (SSSR count). The predicted octanol–water partition coefficient (Wildman–Crippen LogP) is 3.83. The van der Waals surface area contributed by atoms with E-state index in [1.807, 2.05) is 12.1 Å². The second kappa shape index (κ2) is 9.92. The molecular weight excluding hydrogens is 329 g/mol. The first-order chi connectivity index (χ1) is 12.5. The smallest absolute Gasteiger partial charge is 0.191 e. The Morgan fingerprint density at radius 3 is 2.54 bits per heavy atom. The molecule has 0 fully saturated rings. The van der Waals surface area contributed by atoms with Gasteiger partial charge >= 0.3 is 0 Å². The minimum Gasteiger partial charge on any atom is -0.380 e. The SMILES string of the molecule is CN=C(NCc1ccc(F)c(COC)c1)NC(C)C(C)c1ccccc1. The maximum Gasteiger partial charge on any atom is 0.191 e. The van der Waals surface area contributed by atoms with Crippen molar-refractivity contribution in [3.8, 4) is 0 Å². The summed E-state index contributed by atoms with van der Waals surface area (Å²) in [7, 11) is 3.31. The summed E-state index contributed by atoms with van der Waals surface area (Å²) < 4.78 is 18.7. The van der Waals surface area contributed by atoms with Gasteiger partial charge in [0.15, 0.2) is 5.96 Å². The Balaban J connectivity index is 1.94. The molecule has 2 aromatic rings. The number of hydrogen-bond acceptors (Lipinski definition) is 2. The molecule has 0 bridgehead atoms. The monoisotopic (exact) mass is 357 g/mol. The van der Waals surface area contributed by atoms with Gasteiger partial charge in [-0.25, -0.2) is 4.39 Å². The van der Waals surface area contributed by atoms with E-state index in [-0.39, 0.29) is 18.5 Å². The first-order valence-corrected chi connectivity index (χ1v) is 8.83. The molecule has 2 N–H and O–H groups in total. The Bertz CT molecular complexity index is 718. The Morgan fingerprint density at radius 1 is 1.15 bits per heavy atom. The van der Waals surface area contributed by atoms with E-state index in [1.165, 1.54) is 11.6 Å². The van der Waals surface area contributed by atoms with Gasteiger partial charge in [-0.3, -0.25) is 4.99 Å². The lowest BCUT2D eigenvalue weighted by Gasteiger charge is -2.24. The van der Waals surface area contributed by atoms with Crippen LogP contribution in [-0.4, -0.2) is 26.2 Å². The number of nitrogens with one attached hydrogen (secondary N) is 2. The standard InChI is InChI=1S/C21H28FN3O/c1-15(18-8-6-5-7-9-18)16(2)25-21(23-3)24-13-17-10-11-20(22)19(12-17)14-26-4/h5-12,15-16H,13-14H2,1-4H3,(H2,23,24,25). The van der Waals surface area contributed by atoms with Crippen LogP contribution in [0.5, 0.6) is 0 Å². The lowest BCUT2D eigenvalue weighted by atomic mass is 9.94. The minimum absolute atomic E-state index is 0.209. The van der Waals surface area contributed by atoms with Crippen molar-refractivity contribution in [1.82, 2.24) is 10.6 Å². The van der Waals surface area contributed by atoms with Gasteiger partial charge in [0.2, 0.25) is 0 Å². The van der Waals surface area contributed by atoms with Crippen molar-refractivity contribution < 1.29 is 9.13 Å². The van der Waals surface area contributed by atoms with E-state index in [2.05, 4.69) is 53.7 Å². The fourth-order valence-electron chi connectivity index (χ4n) is 2.77. The van der Waals surface area contributed by atoms with Crippen molar-refractivity contribution >= 4 is 5.96 Å². The van der Waals surface area contributed by atoms with Gasteiger partial charge in [-0.15, -0.1) is 0 Å². The molecule has 2 aromatic carbocycles. The van der Waals surface area contributed by atoms with Gasteiger partial charge in [0.05, 0.1) is 6.61 Å². The zero-order chi connectivity index (χ0) is 18.9. The van der Waals surface area contributed by atoms with Gasteiger partial charge in [-0.05, 0) is 30.2 Å². The number of rotatable bonds is 7. The van der Waals surface area contributed by atoms with Crippen LogP contribution < -0.4 is 10.6 Å². The highest BCUT2D eigenvalue weighted by Gasteiger charge is 2.15. The third kappa shape index (κ3) is 5.56. The molecule has 5 heteroatoms. The number of halogens is 1. The first-order valence-electron chi connectivity index (χ1n) is 8.83. The molecule has 0 heterocycles. The molecule has 2 atom stereocenters. The van der Waals surface area contributed by atoms with E-state index in [4.69, 9.17) is 4.74 Å². The van der Waals surface area contributed by atoms with Gasteiger partial charge in [0.1, 0.15) is 5.82 Å². The average Bonchev–Trinajstić information content (AvgIpc) is 2.67. The molecule has 26 heavy (non-hydrogen) atoms. The van der Waals surface area contributed by atoms with Crippen LogP contribution in [0.2, 0.25) is 0 Å². The number of nitrogens with zero attached hydrogens (tertiary/aromatic N) is 1. The fraction of sp³-hybridized carbons (Fsp3) is 0.381. The molecule has 0 aromatic heterocycles. The molecule has 140 valence electrons. The molecule has 0 saturated carbocycles. The summed E-state index contributed by atoms with van der Waals surface area (Å²) in [4.78, 5) is 4.29. The molecule has 0 aliphatic heterocycles. The van der Waals surface area contributed by atoms with Crippen LogP contribution in [0.4, 0.5) is 4.39 Å². The van der Waals surface area contributed by atoms with Crippen LogP contribution in [0.15, 0.2) is 53.5 Å². The van der Waals surface area contributed by atoms with Gasteiger partial charge in [0, 0.05) is 38.2 Å². The predicted molar refractivity (Wildman–Crippen MR) is 105 cm³/mol. The van der Waals surface area contributed by atoms with E-state index < -0.39 is 0 Å². The maximum atomic E-state index is 13.7. The number of aliphatic imine (C=N–C) groups is 1. The van der Waals surface area contributed by atoms with E-state index in [1.54, 1.807) is 20.2 Å².